The molecule has 35 heavy (non-hydrogen) atoms. The Morgan fingerprint density at radius 1 is 1.17 bits per heavy atom. The molecule has 0 spiro atoms. The van der Waals surface area contributed by atoms with Gasteiger partial charge < -0.3 is 25.6 Å². The van der Waals surface area contributed by atoms with E-state index < -0.39 is 0 Å². The van der Waals surface area contributed by atoms with Crippen LogP contribution < -0.4 is 25.6 Å². The van der Waals surface area contributed by atoms with Crippen LogP contribution in [0.2, 0.25) is 0 Å². The van der Waals surface area contributed by atoms with Crippen molar-refractivity contribution in [1.82, 2.24) is 25.6 Å². The number of carbonyl (C=O) groups is 1. The lowest BCUT2D eigenvalue weighted by molar-refractivity contribution is -0.113. The van der Waals surface area contributed by atoms with E-state index in [0.29, 0.717) is 30.0 Å². The minimum atomic E-state index is 0. The Morgan fingerprint density at radius 3 is 2.91 bits per heavy atom. The van der Waals surface area contributed by atoms with Crippen molar-refractivity contribution < 1.29 is 9.53 Å². The van der Waals surface area contributed by atoms with Crippen LogP contribution >= 0.6 is 36.6 Å². The van der Waals surface area contributed by atoms with Crippen LogP contribution in [-0.4, -0.2) is 65.9 Å². The standard InChI is InChI=1S/C23H27N7O2S.2ClH/c1-32-21-5-3-17-22(29-21)18(6-8-26-17)30-11-7-16(13-30)25-10-9-24-12-15-2-4-19-23(27-15)28-20(31)14-33-19;;/h2-6,8,16,24-25H,7,9-14H2,1H3,(H,27,28,31);2*1H. The first-order valence-corrected chi connectivity index (χ1v) is 12.1. The minimum absolute atomic E-state index is 0. The zero-order chi connectivity index (χ0) is 22.6. The van der Waals surface area contributed by atoms with Crippen LogP contribution in [0, 0.1) is 0 Å². The number of nitrogens with zero attached hydrogens (tertiary/aromatic N) is 4. The lowest BCUT2D eigenvalue weighted by atomic mass is 10.2. The highest BCUT2D eigenvalue weighted by atomic mass is 35.5. The van der Waals surface area contributed by atoms with Gasteiger partial charge in [-0.05, 0) is 30.7 Å². The van der Waals surface area contributed by atoms with Gasteiger partial charge in [-0.1, -0.05) is 0 Å². The first-order chi connectivity index (χ1) is 16.2. The van der Waals surface area contributed by atoms with Gasteiger partial charge in [0.2, 0.25) is 11.8 Å². The Labute approximate surface area is 221 Å². The summed E-state index contributed by atoms with van der Waals surface area (Å²) in [6, 6.07) is 10.3. The van der Waals surface area contributed by atoms with Gasteiger partial charge in [0.1, 0.15) is 11.3 Å². The number of methoxy groups -OCH3 is 1. The molecule has 3 aromatic rings. The Balaban J connectivity index is 0.00000171. The number of carbonyl (C=O) groups excluding carboxylic acids is 1. The van der Waals surface area contributed by atoms with E-state index in [-0.39, 0.29) is 30.7 Å². The number of nitrogens with one attached hydrogen (secondary N) is 3. The van der Waals surface area contributed by atoms with Gasteiger partial charge in [-0.2, -0.15) is 0 Å². The number of aromatic nitrogens is 3. The summed E-state index contributed by atoms with van der Waals surface area (Å²) < 4.78 is 5.30. The van der Waals surface area contributed by atoms with Crippen LogP contribution in [0.3, 0.4) is 0 Å². The maximum absolute atomic E-state index is 11.6. The summed E-state index contributed by atoms with van der Waals surface area (Å²) in [6.07, 6.45) is 2.92. The van der Waals surface area contributed by atoms with E-state index in [1.165, 1.54) is 11.8 Å². The summed E-state index contributed by atoms with van der Waals surface area (Å²) in [5, 5.41) is 9.92. The van der Waals surface area contributed by atoms with Crippen molar-refractivity contribution in [3.63, 3.8) is 0 Å². The largest absolute Gasteiger partial charge is 0.481 e. The third-order valence-electron chi connectivity index (χ3n) is 5.85. The molecule has 9 nitrogen and oxygen atoms in total. The van der Waals surface area contributed by atoms with Crippen molar-refractivity contribution in [2.75, 3.05) is 49.3 Å². The molecule has 0 bridgehead atoms. The van der Waals surface area contributed by atoms with Gasteiger partial charge in [0.05, 0.1) is 34.7 Å². The third kappa shape index (κ3) is 6.45. The van der Waals surface area contributed by atoms with Crippen molar-refractivity contribution in [2.24, 2.45) is 0 Å². The second kappa shape index (κ2) is 12.5. The van der Waals surface area contributed by atoms with Gasteiger partial charge in [0.25, 0.3) is 0 Å². The van der Waals surface area contributed by atoms with Gasteiger partial charge in [0.15, 0.2) is 0 Å². The molecule has 1 unspecified atom stereocenters. The molecule has 188 valence electrons. The monoisotopic (exact) mass is 537 g/mol. The molecule has 2 aliphatic heterocycles. The average molecular weight is 539 g/mol. The summed E-state index contributed by atoms with van der Waals surface area (Å²) >= 11 is 1.53. The van der Waals surface area contributed by atoms with Crippen molar-refractivity contribution in [3.05, 3.63) is 42.2 Å². The normalized spacial score (nSPS) is 16.8. The number of fused-ring (bicyclic) bond motifs is 2. The highest BCUT2D eigenvalue weighted by Crippen LogP contribution is 2.30. The van der Waals surface area contributed by atoms with E-state index in [0.717, 1.165) is 59.9 Å². The maximum atomic E-state index is 11.6. The zero-order valence-electron chi connectivity index (χ0n) is 19.3. The SMILES string of the molecule is COc1ccc2nccc(N3CCC(NCCNCc4ccc5c(n4)NC(=O)CS5)C3)c2n1.Cl.Cl. The van der Waals surface area contributed by atoms with Gasteiger partial charge >= 0.3 is 0 Å². The Hall–Kier alpha value is -2.37. The topological polar surface area (TPSA) is 104 Å². The molecule has 12 heteroatoms. The molecule has 2 aliphatic rings. The summed E-state index contributed by atoms with van der Waals surface area (Å²) in [5.41, 5.74) is 3.79. The van der Waals surface area contributed by atoms with E-state index in [4.69, 9.17) is 4.74 Å². The molecular weight excluding hydrogens is 509 g/mol. The Bertz CT molecular complexity index is 1170. The molecule has 1 amide bonds. The number of pyridine rings is 3. The molecule has 0 saturated carbocycles. The number of anilines is 2. The minimum Gasteiger partial charge on any atom is -0.481 e. The number of amides is 1. The fraction of sp³-hybridized carbons (Fsp3) is 0.391. The second-order valence-electron chi connectivity index (χ2n) is 8.10. The van der Waals surface area contributed by atoms with Gasteiger partial charge in [-0.15, -0.1) is 36.6 Å². The first kappa shape index (κ1) is 27.2. The number of hydrogen-bond donors (Lipinski definition) is 3. The van der Waals surface area contributed by atoms with E-state index in [1.807, 2.05) is 36.5 Å². The molecule has 1 fully saturated rings. The molecule has 5 heterocycles. The fourth-order valence-corrected chi connectivity index (χ4v) is 4.95. The summed E-state index contributed by atoms with van der Waals surface area (Å²) in [7, 11) is 1.63. The molecule has 0 radical (unpaired) electrons. The van der Waals surface area contributed by atoms with Gasteiger partial charge in [-0.25, -0.2) is 9.97 Å². The molecular formula is C23H29Cl2N7O2S. The zero-order valence-corrected chi connectivity index (χ0v) is 21.8. The predicted octanol–water partition coefficient (Wildman–Crippen LogP) is 2.88. The lowest BCUT2D eigenvalue weighted by Crippen LogP contribution is -2.37. The number of halogens is 2. The second-order valence-corrected chi connectivity index (χ2v) is 9.12. The number of hydrogen-bond acceptors (Lipinski definition) is 9. The molecule has 0 aromatic carbocycles. The highest BCUT2D eigenvalue weighted by Gasteiger charge is 2.24. The third-order valence-corrected chi connectivity index (χ3v) is 6.90. The van der Waals surface area contributed by atoms with Gasteiger partial charge in [0, 0.05) is 51.0 Å². The van der Waals surface area contributed by atoms with Gasteiger partial charge in [-0.3, -0.25) is 9.78 Å². The van der Waals surface area contributed by atoms with Crippen molar-refractivity contribution in [2.45, 2.75) is 23.9 Å². The van der Waals surface area contributed by atoms with Crippen molar-refractivity contribution in [1.29, 1.82) is 0 Å². The van der Waals surface area contributed by atoms with E-state index in [9.17, 15) is 4.79 Å². The molecule has 1 atom stereocenters. The maximum Gasteiger partial charge on any atom is 0.235 e. The molecule has 1 saturated heterocycles. The molecule has 3 aromatic heterocycles. The van der Waals surface area contributed by atoms with Crippen LogP contribution in [0.5, 0.6) is 5.88 Å². The molecule has 0 aliphatic carbocycles. The number of rotatable bonds is 8. The number of ether oxygens (including phenoxy) is 1. The lowest BCUT2D eigenvalue weighted by Gasteiger charge is -2.20. The van der Waals surface area contributed by atoms with Crippen LogP contribution in [0.25, 0.3) is 11.0 Å². The van der Waals surface area contributed by atoms with E-state index >= 15 is 0 Å². The number of thioether (sulfide) groups is 1. The molecule has 3 N–H and O–H groups in total. The van der Waals surface area contributed by atoms with Crippen LogP contribution in [-0.2, 0) is 11.3 Å². The first-order valence-electron chi connectivity index (χ1n) is 11.1. The van der Waals surface area contributed by atoms with Crippen molar-refractivity contribution >= 4 is 65.0 Å². The summed E-state index contributed by atoms with van der Waals surface area (Å²) in [4.78, 5) is 28.6. The fourth-order valence-electron chi connectivity index (χ4n) is 4.19. The Morgan fingerprint density at radius 2 is 2.06 bits per heavy atom. The van der Waals surface area contributed by atoms with Crippen LogP contribution in [0.1, 0.15) is 12.1 Å². The quantitative estimate of drug-likeness (QED) is 0.374. The van der Waals surface area contributed by atoms with Crippen LogP contribution in [0.4, 0.5) is 11.5 Å². The van der Waals surface area contributed by atoms with E-state index in [1.54, 1.807) is 7.11 Å². The molecule has 5 rings (SSSR count). The predicted molar refractivity (Wildman–Crippen MR) is 145 cm³/mol. The smallest absolute Gasteiger partial charge is 0.235 e. The summed E-state index contributed by atoms with van der Waals surface area (Å²) in [5.74, 6) is 1.75. The average Bonchev–Trinajstić information content (AvgIpc) is 3.31. The van der Waals surface area contributed by atoms with Crippen LogP contribution in [0.15, 0.2) is 41.4 Å². The van der Waals surface area contributed by atoms with Crippen molar-refractivity contribution in [3.8, 4) is 5.88 Å². The summed E-state index contributed by atoms with van der Waals surface area (Å²) in [6.45, 7) is 4.29. The van der Waals surface area contributed by atoms with E-state index in [2.05, 4.69) is 35.8 Å². The Kier molecular flexibility index (Phi) is 9.76. The highest BCUT2D eigenvalue weighted by molar-refractivity contribution is 8.00.